The van der Waals surface area contributed by atoms with Gasteiger partial charge in [-0.3, -0.25) is 0 Å². The molecule has 5 nitrogen and oxygen atoms in total. The van der Waals surface area contributed by atoms with E-state index in [1.54, 1.807) is 49.4 Å². The van der Waals surface area contributed by atoms with Gasteiger partial charge in [-0.2, -0.15) is 0 Å². The molecule has 0 spiro atoms. The zero-order chi connectivity index (χ0) is 18.0. The van der Waals surface area contributed by atoms with Crippen LogP contribution in [0.25, 0.3) is 11.1 Å². The van der Waals surface area contributed by atoms with Crippen molar-refractivity contribution in [2.24, 2.45) is 0 Å². The minimum Gasteiger partial charge on any atom is -0.449 e. The van der Waals surface area contributed by atoms with Crippen LogP contribution in [-0.4, -0.2) is 14.7 Å². The molecule has 128 valence electrons. The average molecular weight is 356 g/mol. The van der Waals surface area contributed by atoms with Gasteiger partial charge in [0.15, 0.2) is 9.84 Å². The predicted octanol–water partition coefficient (Wildman–Crippen LogP) is 3.81. The third kappa shape index (κ3) is 3.64. The van der Waals surface area contributed by atoms with Crippen molar-refractivity contribution in [3.8, 4) is 22.6 Å². The number of sulfone groups is 1. The maximum Gasteiger partial charge on any atom is 0.379 e. The van der Waals surface area contributed by atoms with Crippen molar-refractivity contribution >= 4 is 9.84 Å². The van der Waals surface area contributed by atoms with Crippen molar-refractivity contribution in [2.75, 3.05) is 6.26 Å². The number of hydrogen-bond acceptors (Lipinski definition) is 5. The smallest absolute Gasteiger partial charge is 0.379 e. The zero-order valence-electron chi connectivity index (χ0n) is 13.7. The molecule has 0 amide bonds. The molecule has 1 heterocycles. The Kier molecular flexibility index (Phi) is 4.46. The van der Waals surface area contributed by atoms with E-state index >= 15 is 0 Å². The van der Waals surface area contributed by atoms with Crippen LogP contribution in [0.2, 0.25) is 0 Å². The largest absolute Gasteiger partial charge is 0.449 e. The zero-order valence-corrected chi connectivity index (χ0v) is 14.5. The van der Waals surface area contributed by atoms with Gasteiger partial charge in [0, 0.05) is 11.8 Å². The molecule has 0 saturated carbocycles. The van der Waals surface area contributed by atoms with E-state index in [4.69, 9.17) is 9.15 Å². The predicted molar refractivity (Wildman–Crippen MR) is 94.8 cm³/mol. The highest BCUT2D eigenvalue weighted by molar-refractivity contribution is 7.90. The Morgan fingerprint density at radius 2 is 1.68 bits per heavy atom. The lowest BCUT2D eigenvalue weighted by molar-refractivity contribution is 0.422. The third-order valence-electron chi connectivity index (χ3n) is 3.72. The Balaban J connectivity index is 2.12. The minimum atomic E-state index is -3.30. The molecular formula is C19H16O5S. The molecule has 2 aromatic carbocycles. The average Bonchev–Trinajstić information content (AvgIpc) is 2.57. The molecule has 0 atom stereocenters. The minimum absolute atomic E-state index is 0.0592. The highest BCUT2D eigenvalue weighted by atomic mass is 32.2. The monoisotopic (exact) mass is 356 g/mol. The second-order valence-corrected chi connectivity index (χ2v) is 7.63. The number of benzene rings is 2. The first-order chi connectivity index (χ1) is 11.9. The van der Waals surface area contributed by atoms with Crippen LogP contribution in [0.15, 0.2) is 75.0 Å². The van der Waals surface area contributed by atoms with Crippen molar-refractivity contribution in [3.05, 3.63) is 76.8 Å². The van der Waals surface area contributed by atoms with Crippen LogP contribution in [-0.2, 0) is 9.84 Å². The first-order valence-corrected chi connectivity index (χ1v) is 9.41. The lowest BCUT2D eigenvalue weighted by atomic mass is 10.0. The van der Waals surface area contributed by atoms with E-state index in [0.29, 0.717) is 22.4 Å². The molecule has 0 bridgehead atoms. The van der Waals surface area contributed by atoms with E-state index in [-0.39, 0.29) is 10.6 Å². The Morgan fingerprint density at radius 1 is 0.960 bits per heavy atom. The Bertz CT molecular complexity index is 1070. The molecule has 25 heavy (non-hydrogen) atoms. The Labute approximate surface area is 145 Å². The molecule has 0 radical (unpaired) electrons. The SMILES string of the molecule is Cc1cc(S(C)(=O)=O)ccc1-c1ccoc(=O)c1Oc1ccccc1. The maximum absolute atomic E-state index is 12.2. The molecule has 0 aliphatic rings. The molecule has 0 N–H and O–H groups in total. The van der Waals surface area contributed by atoms with Gasteiger partial charge in [-0.25, -0.2) is 13.2 Å². The van der Waals surface area contributed by atoms with Crippen molar-refractivity contribution in [1.29, 1.82) is 0 Å². The highest BCUT2D eigenvalue weighted by Crippen LogP contribution is 2.33. The molecule has 0 aliphatic heterocycles. The summed E-state index contributed by atoms with van der Waals surface area (Å²) in [4.78, 5) is 12.4. The van der Waals surface area contributed by atoms with E-state index in [1.165, 1.54) is 12.3 Å². The molecule has 0 aliphatic carbocycles. The van der Waals surface area contributed by atoms with Gasteiger partial charge in [0.25, 0.3) is 0 Å². The van der Waals surface area contributed by atoms with Gasteiger partial charge < -0.3 is 9.15 Å². The van der Waals surface area contributed by atoms with Gasteiger partial charge in [0.1, 0.15) is 5.75 Å². The number of para-hydroxylation sites is 1. The van der Waals surface area contributed by atoms with Crippen LogP contribution in [0.4, 0.5) is 0 Å². The van der Waals surface area contributed by atoms with E-state index in [1.807, 2.05) is 6.07 Å². The molecular weight excluding hydrogens is 340 g/mol. The summed E-state index contributed by atoms with van der Waals surface area (Å²) in [6, 6.07) is 15.3. The number of rotatable bonds is 4. The highest BCUT2D eigenvalue weighted by Gasteiger charge is 2.16. The Hall–Kier alpha value is -2.86. The third-order valence-corrected chi connectivity index (χ3v) is 4.83. The second kappa shape index (κ2) is 6.57. The van der Waals surface area contributed by atoms with E-state index in [0.717, 1.165) is 6.26 Å². The van der Waals surface area contributed by atoms with Gasteiger partial charge in [0.05, 0.1) is 11.2 Å². The fraction of sp³-hybridized carbons (Fsp3) is 0.105. The summed E-state index contributed by atoms with van der Waals surface area (Å²) < 4.78 is 34.1. The molecule has 0 fully saturated rings. The summed E-state index contributed by atoms with van der Waals surface area (Å²) >= 11 is 0. The molecule has 0 unspecified atom stereocenters. The topological polar surface area (TPSA) is 73.6 Å². The van der Waals surface area contributed by atoms with Crippen molar-refractivity contribution in [1.82, 2.24) is 0 Å². The van der Waals surface area contributed by atoms with Gasteiger partial charge >= 0.3 is 5.63 Å². The summed E-state index contributed by atoms with van der Waals surface area (Å²) in [5.41, 5.74) is 1.35. The molecule has 3 aromatic rings. The van der Waals surface area contributed by atoms with Gasteiger partial charge in [-0.05, 0) is 48.4 Å². The normalized spacial score (nSPS) is 11.3. The van der Waals surface area contributed by atoms with Crippen LogP contribution < -0.4 is 10.4 Å². The fourth-order valence-electron chi connectivity index (χ4n) is 2.49. The maximum atomic E-state index is 12.2. The molecule has 3 rings (SSSR count). The quantitative estimate of drug-likeness (QED) is 0.711. The summed E-state index contributed by atoms with van der Waals surface area (Å²) in [5.74, 6) is 0.566. The summed E-state index contributed by atoms with van der Waals surface area (Å²) in [7, 11) is -3.30. The van der Waals surface area contributed by atoms with Crippen LogP contribution in [0.5, 0.6) is 11.5 Å². The first kappa shape index (κ1) is 17.0. The molecule has 6 heteroatoms. The van der Waals surface area contributed by atoms with E-state index in [2.05, 4.69) is 0 Å². The van der Waals surface area contributed by atoms with Gasteiger partial charge in [-0.1, -0.05) is 24.3 Å². The summed E-state index contributed by atoms with van der Waals surface area (Å²) in [5, 5.41) is 0. The van der Waals surface area contributed by atoms with Crippen LogP contribution in [0.1, 0.15) is 5.56 Å². The van der Waals surface area contributed by atoms with E-state index in [9.17, 15) is 13.2 Å². The van der Waals surface area contributed by atoms with Crippen molar-refractivity contribution in [2.45, 2.75) is 11.8 Å². The van der Waals surface area contributed by atoms with E-state index < -0.39 is 15.5 Å². The Morgan fingerprint density at radius 3 is 2.32 bits per heavy atom. The van der Waals surface area contributed by atoms with Crippen molar-refractivity contribution < 1.29 is 17.6 Å². The van der Waals surface area contributed by atoms with Crippen molar-refractivity contribution in [3.63, 3.8) is 0 Å². The second-order valence-electron chi connectivity index (χ2n) is 5.61. The van der Waals surface area contributed by atoms with Gasteiger partial charge in [-0.15, -0.1) is 0 Å². The molecule has 0 saturated heterocycles. The summed E-state index contributed by atoms with van der Waals surface area (Å²) in [6.07, 6.45) is 2.45. The standard InChI is InChI=1S/C19H16O5S/c1-13-12-15(25(2,21)22)8-9-16(13)17-10-11-23-19(20)18(17)24-14-6-4-3-5-7-14/h3-12H,1-2H3. The first-order valence-electron chi connectivity index (χ1n) is 7.52. The van der Waals surface area contributed by atoms with Crippen LogP contribution >= 0.6 is 0 Å². The molecule has 1 aromatic heterocycles. The van der Waals surface area contributed by atoms with Crippen LogP contribution in [0, 0.1) is 6.92 Å². The number of aryl methyl sites for hydroxylation is 1. The number of hydrogen-bond donors (Lipinski definition) is 0. The van der Waals surface area contributed by atoms with Crippen LogP contribution in [0.3, 0.4) is 0 Å². The lowest BCUT2D eigenvalue weighted by Gasteiger charge is -2.12. The fourth-order valence-corrected chi connectivity index (χ4v) is 3.19. The number of ether oxygens (including phenoxy) is 1. The van der Waals surface area contributed by atoms with Gasteiger partial charge in [0.2, 0.25) is 5.75 Å². The lowest BCUT2D eigenvalue weighted by Crippen LogP contribution is -2.05. The summed E-state index contributed by atoms with van der Waals surface area (Å²) in [6.45, 7) is 1.78.